The van der Waals surface area contributed by atoms with E-state index >= 15 is 0 Å². The number of hydrogen-bond donors (Lipinski definition) is 1. The molecular weight excluding hydrogens is 246 g/mol. The van der Waals surface area contributed by atoms with Crippen LogP contribution in [0.25, 0.3) is 0 Å². The number of rotatable bonds is 5. The van der Waals surface area contributed by atoms with E-state index in [0.717, 1.165) is 6.07 Å². The standard InChI is InChI=1S/C11H14F2N2O3/c1-3-18-9(16)5-8-7(14)4-6(10(12)13)11(15-8)17-2/h4,10H,3,5,14H2,1-2H3. The van der Waals surface area contributed by atoms with Crippen molar-refractivity contribution in [2.24, 2.45) is 0 Å². The highest BCUT2D eigenvalue weighted by Crippen LogP contribution is 2.30. The van der Waals surface area contributed by atoms with Crippen LogP contribution in [0.5, 0.6) is 5.88 Å². The summed E-state index contributed by atoms with van der Waals surface area (Å²) in [6.45, 7) is 1.89. The molecule has 1 aromatic rings. The third-order valence-electron chi connectivity index (χ3n) is 2.17. The maximum absolute atomic E-state index is 12.6. The number of esters is 1. The Hall–Kier alpha value is -1.92. The molecule has 18 heavy (non-hydrogen) atoms. The molecule has 2 N–H and O–H groups in total. The largest absolute Gasteiger partial charge is 0.481 e. The fourth-order valence-electron chi connectivity index (χ4n) is 1.37. The summed E-state index contributed by atoms with van der Waals surface area (Å²) < 4.78 is 34.8. The van der Waals surface area contributed by atoms with Crippen molar-refractivity contribution in [3.8, 4) is 5.88 Å². The minimum atomic E-state index is -2.74. The normalized spacial score (nSPS) is 10.5. The number of nitrogens with zero attached hydrogens (tertiary/aromatic N) is 1. The van der Waals surface area contributed by atoms with Crippen molar-refractivity contribution in [3.63, 3.8) is 0 Å². The number of halogens is 2. The molecule has 0 radical (unpaired) electrons. The van der Waals surface area contributed by atoms with Crippen LogP contribution >= 0.6 is 0 Å². The number of ether oxygens (including phenoxy) is 2. The molecule has 0 aliphatic carbocycles. The maximum Gasteiger partial charge on any atom is 0.311 e. The Labute approximate surface area is 103 Å². The van der Waals surface area contributed by atoms with E-state index in [2.05, 4.69) is 4.98 Å². The number of nitrogens with two attached hydrogens (primary N) is 1. The van der Waals surface area contributed by atoms with E-state index in [1.54, 1.807) is 6.92 Å². The number of methoxy groups -OCH3 is 1. The van der Waals surface area contributed by atoms with E-state index in [1.165, 1.54) is 7.11 Å². The molecule has 0 fully saturated rings. The Morgan fingerprint density at radius 2 is 2.22 bits per heavy atom. The molecule has 5 nitrogen and oxygen atoms in total. The topological polar surface area (TPSA) is 74.4 Å². The Bertz CT molecular complexity index is 439. The maximum atomic E-state index is 12.6. The molecule has 7 heteroatoms. The first-order chi connectivity index (χ1) is 8.49. The molecule has 0 bridgehead atoms. The summed E-state index contributed by atoms with van der Waals surface area (Å²) in [4.78, 5) is 15.1. The van der Waals surface area contributed by atoms with Gasteiger partial charge in [0.1, 0.15) is 0 Å². The van der Waals surface area contributed by atoms with Gasteiger partial charge in [0.15, 0.2) is 0 Å². The van der Waals surface area contributed by atoms with Crippen molar-refractivity contribution < 1.29 is 23.0 Å². The summed E-state index contributed by atoms with van der Waals surface area (Å²) in [5, 5.41) is 0. The average molecular weight is 260 g/mol. The van der Waals surface area contributed by atoms with E-state index in [1.807, 2.05) is 0 Å². The number of carbonyl (C=O) groups is 1. The summed E-state index contributed by atoms with van der Waals surface area (Å²) in [5.41, 5.74) is 5.34. The highest BCUT2D eigenvalue weighted by molar-refractivity contribution is 5.74. The lowest BCUT2D eigenvalue weighted by Crippen LogP contribution is -2.12. The molecule has 0 spiro atoms. The van der Waals surface area contributed by atoms with Crippen LogP contribution in [0.2, 0.25) is 0 Å². The Balaban J connectivity index is 3.04. The summed E-state index contributed by atoms with van der Waals surface area (Å²) in [6.07, 6.45) is -2.93. The SMILES string of the molecule is CCOC(=O)Cc1nc(OC)c(C(F)F)cc1N. The van der Waals surface area contributed by atoms with Crippen molar-refractivity contribution >= 4 is 11.7 Å². The first-order valence-corrected chi connectivity index (χ1v) is 5.26. The highest BCUT2D eigenvalue weighted by Gasteiger charge is 2.19. The number of hydrogen-bond acceptors (Lipinski definition) is 5. The van der Waals surface area contributed by atoms with E-state index in [-0.39, 0.29) is 30.3 Å². The van der Waals surface area contributed by atoms with Gasteiger partial charge in [0.05, 0.1) is 37.1 Å². The van der Waals surface area contributed by atoms with Crippen molar-refractivity contribution in [2.45, 2.75) is 19.8 Å². The van der Waals surface area contributed by atoms with E-state index in [0.29, 0.717) is 0 Å². The number of aromatic nitrogens is 1. The van der Waals surface area contributed by atoms with Crippen LogP contribution in [0.3, 0.4) is 0 Å². The van der Waals surface area contributed by atoms with Gasteiger partial charge in [-0.25, -0.2) is 13.8 Å². The van der Waals surface area contributed by atoms with Gasteiger partial charge in [0.2, 0.25) is 5.88 Å². The zero-order valence-corrected chi connectivity index (χ0v) is 10.1. The second kappa shape index (κ2) is 6.13. The summed E-state index contributed by atoms with van der Waals surface area (Å²) >= 11 is 0. The molecule has 1 heterocycles. The van der Waals surface area contributed by atoms with Gasteiger partial charge >= 0.3 is 5.97 Å². The Morgan fingerprint density at radius 3 is 2.72 bits per heavy atom. The van der Waals surface area contributed by atoms with Crippen LogP contribution in [0.1, 0.15) is 24.6 Å². The molecule has 1 rings (SSSR count). The van der Waals surface area contributed by atoms with Gasteiger partial charge in [-0.1, -0.05) is 0 Å². The minimum absolute atomic E-state index is 0.0131. The molecule has 0 saturated carbocycles. The minimum Gasteiger partial charge on any atom is -0.481 e. The average Bonchev–Trinajstić information content (AvgIpc) is 2.31. The van der Waals surface area contributed by atoms with Gasteiger partial charge in [-0.2, -0.15) is 0 Å². The molecule has 0 aliphatic rings. The van der Waals surface area contributed by atoms with Crippen LogP contribution in [0, 0.1) is 0 Å². The molecular formula is C11H14F2N2O3. The molecule has 0 amide bonds. The number of carbonyl (C=O) groups excluding carboxylic acids is 1. The second-order valence-corrected chi connectivity index (χ2v) is 3.41. The molecule has 0 aromatic carbocycles. The van der Waals surface area contributed by atoms with E-state index in [9.17, 15) is 13.6 Å². The van der Waals surface area contributed by atoms with Crippen molar-refractivity contribution in [1.82, 2.24) is 4.98 Å². The summed E-state index contributed by atoms with van der Waals surface area (Å²) in [6, 6.07) is 1.06. The van der Waals surface area contributed by atoms with Gasteiger partial charge in [0.25, 0.3) is 6.43 Å². The molecule has 0 saturated heterocycles. The third-order valence-corrected chi connectivity index (χ3v) is 2.17. The lowest BCUT2D eigenvalue weighted by molar-refractivity contribution is -0.142. The second-order valence-electron chi connectivity index (χ2n) is 3.41. The lowest BCUT2D eigenvalue weighted by atomic mass is 10.2. The zero-order chi connectivity index (χ0) is 13.7. The van der Waals surface area contributed by atoms with Gasteiger partial charge in [-0.15, -0.1) is 0 Å². The number of pyridine rings is 1. The van der Waals surface area contributed by atoms with Crippen LogP contribution in [0.15, 0.2) is 6.07 Å². The van der Waals surface area contributed by atoms with Gasteiger partial charge in [-0.05, 0) is 13.0 Å². The predicted molar refractivity (Wildman–Crippen MR) is 60.5 cm³/mol. The van der Waals surface area contributed by atoms with Crippen molar-refractivity contribution in [2.75, 3.05) is 19.5 Å². The first kappa shape index (κ1) is 14.1. The number of nitrogen functional groups attached to an aromatic ring is 1. The molecule has 0 aliphatic heterocycles. The molecule has 1 aromatic heterocycles. The van der Waals surface area contributed by atoms with Crippen molar-refractivity contribution in [1.29, 1.82) is 0 Å². The lowest BCUT2D eigenvalue weighted by Gasteiger charge is -2.11. The molecule has 100 valence electrons. The van der Waals surface area contributed by atoms with Gasteiger partial charge in [-0.3, -0.25) is 4.79 Å². The Morgan fingerprint density at radius 1 is 1.56 bits per heavy atom. The predicted octanol–water partition coefficient (Wildman–Crippen LogP) is 1.72. The number of alkyl halides is 2. The number of anilines is 1. The fraction of sp³-hybridized carbons (Fsp3) is 0.455. The molecule has 0 unspecified atom stereocenters. The van der Waals surface area contributed by atoms with Crippen LogP contribution < -0.4 is 10.5 Å². The van der Waals surface area contributed by atoms with Crippen molar-refractivity contribution in [3.05, 3.63) is 17.3 Å². The van der Waals surface area contributed by atoms with Gasteiger partial charge in [0, 0.05) is 0 Å². The Kier molecular flexibility index (Phi) is 4.82. The summed E-state index contributed by atoms with van der Waals surface area (Å²) in [7, 11) is 1.22. The third kappa shape index (κ3) is 3.28. The highest BCUT2D eigenvalue weighted by atomic mass is 19.3. The van der Waals surface area contributed by atoms with Gasteiger partial charge < -0.3 is 15.2 Å². The van der Waals surface area contributed by atoms with E-state index < -0.39 is 18.0 Å². The van der Waals surface area contributed by atoms with Crippen LogP contribution in [-0.2, 0) is 16.0 Å². The summed E-state index contributed by atoms with van der Waals surface area (Å²) in [5.74, 6) is -0.762. The quantitative estimate of drug-likeness (QED) is 0.816. The zero-order valence-electron chi connectivity index (χ0n) is 10.1. The van der Waals surface area contributed by atoms with E-state index in [4.69, 9.17) is 15.2 Å². The molecule has 0 atom stereocenters. The monoisotopic (exact) mass is 260 g/mol. The fourth-order valence-corrected chi connectivity index (χ4v) is 1.37. The smallest absolute Gasteiger partial charge is 0.311 e. The first-order valence-electron chi connectivity index (χ1n) is 5.26. The van der Waals surface area contributed by atoms with Crippen LogP contribution in [0.4, 0.5) is 14.5 Å². The van der Waals surface area contributed by atoms with Crippen LogP contribution in [-0.4, -0.2) is 24.7 Å².